The van der Waals surface area contributed by atoms with Gasteiger partial charge in [-0.25, -0.2) is 0 Å². The summed E-state index contributed by atoms with van der Waals surface area (Å²) in [6.45, 7) is 2.56. The van der Waals surface area contributed by atoms with Crippen molar-refractivity contribution in [2.75, 3.05) is 20.2 Å². The summed E-state index contributed by atoms with van der Waals surface area (Å²) >= 11 is 7.37. The van der Waals surface area contributed by atoms with E-state index in [4.69, 9.17) is 16.3 Å². The summed E-state index contributed by atoms with van der Waals surface area (Å²) in [6, 6.07) is 10.7. The number of thiophene rings is 1. The second kappa shape index (κ2) is 10.2. The van der Waals surface area contributed by atoms with Gasteiger partial charge in [-0.1, -0.05) is 17.7 Å². The van der Waals surface area contributed by atoms with E-state index >= 15 is 0 Å². The summed E-state index contributed by atoms with van der Waals surface area (Å²) in [7, 11) is 1.77. The molecule has 5 nitrogen and oxygen atoms in total. The molecule has 2 amide bonds. The van der Waals surface area contributed by atoms with E-state index in [-0.39, 0.29) is 24.3 Å². The van der Waals surface area contributed by atoms with Crippen molar-refractivity contribution in [3.05, 3.63) is 51.7 Å². The monoisotopic (exact) mass is 394 g/mol. The van der Waals surface area contributed by atoms with Crippen molar-refractivity contribution in [3.8, 4) is 5.75 Å². The van der Waals surface area contributed by atoms with Crippen LogP contribution in [-0.2, 0) is 9.59 Å². The first-order valence-corrected chi connectivity index (χ1v) is 9.64. The van der Waals surface area contributed by atoms with E-state index in [2.05, 4.69) is 5.32 Å². The molecule has 1 atom stereocenters. The smallest absolute Gasteiger partial charge is 0.224 e. The van der Waals surface area contributed by atoms with Crippen LogP contribution in [0, 0.1) is 0 Å². The van der Waals surface area contributed by atoms with Gasteiger partial charge in [0.2, 0.25) is 11.8 Å². The van der Waals surface area contributed by atoms with E-state index in [1.807, 2.05) is 29.6 Å². The summed E-state index contributed by atoms with van der Waals surface area (Å²) in [6.07, 6.45) is 0.962. The van der Waals surface area contributed by atoms with Crippen LogP contribution in [0.5, 0.6) is 5.75 Å². The van der Waals surface area contributed by atoms with E-state index in [0.29, 0.717) is 24.6 Å². The van der Waals surface area contributed by atoms with Crippen LogP contribution in [0.4, 0.5) is 0 Å². The molecule has 0 aliphatic rings. The van der Waals surface area contributed by atoms with Crippen molar-refractivity contribution in [1.29, 1.82) is 0 Å². The molecule has 1 N–H and O–H groups in total. The number of carbonyl (C=O) groups excluding carboxylic acids is 2. The first-order chi connectivity index (χ1) is 12.5. The van der Waals surface area contributed by atoms with E-state index < -0.39 is 0 Å². The molecule has 1 heterocycles. The quantitative estimate of drug-likeness (QED) is 0.656. The van der Waals surface area contributed by atoms with Gasteiger partial charge in [0.25, 0.3) is 0 Å². The van der Waals surface area contributed by atoms with E-state index in [1.54, 1.807) is 24.1 Å². The molecule has 26 heavy (non-hydrogen) atoms. The minimum atomic E-state index is -0.284. The van der Waals surface area contributed by atoms with Gasteiger partial charge in [-0.2, -0.15) is 0 Å². The molecule has 2 rings (SSSR count). The van der Waals surface area contributed by atoms with Crippen molar-refractivity contribution in [1.82, 2.24) is 10.2 Å². The van der Waals surface area contributed by atoms with Crippen LogP contribution >= 0.6 is 22.9 Å². The number of amides is 2. The third kappa shape index (κ3) is 6.69. The number of benzene rings is 1. The van der Waals surface area contributed by atoms with Crippen molar-refractivity contribution in [2.45, 2.75) is 25.8 Å². The number of halogens is 1. The zero-order valence-electron chi connectivity index (χ0n) is 14.9. The fraction of sp³-hybridized carbons (Fsp3) is 0.368. The van der Waals surface area contributed by atoms with Crippen LogP contribution in [0.2, 0.25) is 5.02 Å². The number of nitrogens with one attached hydrogen (secondary N) is 1. The van der Waals surface area contributed by atoms with Gasteiger partial charge < -0.3 is 15.0 Å². The lowest BCUT2D eigenvalue weighted by Gasteiger charge is -2.21. The summed E-state index contributed by atoms with van der Waals surface area (Å²) in [5.41, 5.74) is 0. The zero-order valence-corrected chi connectivity index (χ0v) is 16.5. The van der Waals surface area contributed by atoms with Gasteiger partial charge in [-0.3, -0.25) is 9.59 Å². The molecule has 140 valence electrons. The maximum atomic E-state index is 12.5. The van der Waals surface area contributed by atoms with Crippen LogP contribution < -0.4 is 10.1 Å². The highest BCUT2D eigenvalue weighted by atomic mass is 35.5. The molecule has 1 aromatic heterocycles. The summed E-state index contributed by atoms with van der Waals surface area (Å²) in [4.78, 5) is 26.5. The standard InChI is InChI=1S/C19H23ClN2O3S/c1-14(23)21-17(18-5-3-12-26-18)13-19(24)22(2)10-4-11-25-16-8-6-15(20)7-9-16/h3,5-9,12,17H,4,10-11,13H2,1-2H3,(H,21,23). The molecule has 0 fully saturated rings. The molecule has 7 heteroatoms. The van der Waals surface area contributed by atoms with E-state index in [9.17, 15) is 9.59 Å². The lowest BCUT2D eigenvalue weighted by molar-refractivity contribution is -0.130. The highest BCUT2D eigenvalue weighted by Gasteiger charge is 2.20. The van der Waals surface area contributed by atoms with Crippen LogP contribution in [-0.4, -0.2) is 36.9 Å². The Hall–Kier alpha value is -2.05. The Morgan fingerprint density at radius 3 is 2.62 bits per heavy atom. The number of nitrogens with zero attached hydrogens (tertiary/aromatic N) is 1. The molecular weight excluding hydrogens is 372 g/mol. The topological polar surface area (TPSA) is 58.6 Å². The highest BCUT2D eigenvalue weighted by molar-refractivity contribution is 7.10. The van der Waals surface area contributed by atoms with Gasteiger partial charge in [0.15, 0.2) is 0 Å². The third-order valence-corrected chi connectivity index (χ3v) is 5.03. The molecule has 0 saturated heterocycles. The SMILES string of the molecule is CC(=O)NC(CC(=O)N(C)CCCOc1ccc(Cl)cc1)c1cccs1. The van der Waals surface area contributed by atoms with Crippen LogP contribution in [0.3, 0.4) is 0 Å². The first kappa shape index (κ1) is 20.3. The average molecular weight is 395 g/mol. The summed E-state index contributed by atoms with van der Waals surface area (Å²) in [5, 5.41) is 5.46. The number of carbonyl (C=O) groups is 2. The minimum absolute atomic E-state index is 0.0105. The van der Waals surface area contributed by atoms with Gasteiger partial charge in [-0.05, 0) is 42.1 Å². The summed E-state index contributed by atoms with van der Waals surface area (Å²) in [5.74, 6) is 0.602. The Bertz CT molecular complexity index is 704. The molecule has 0 bridgehead atoms. The molecule has 1 aromatic carbocycles. The molecule has 2 aromatic rings. The lowest BCUT2D eigenvalue weighted by Crippen LogP contribution is -2.34. The van der Waals surface area contributed by atoms with Gasteiger partial charge in [-0.15, -0.1) is 11.3 Å². The van der Waals surface area contributed by atoms with Crippen LogP contribution in [0.25, 0.3) is 0 Å². The Balaban J connectivity index is 1.76. The summed E-state index contributed by atoms with van der Waals surface area (Å²) < 4.78 is 5.63. The average Bonchev–Trinajstić information content (AvgIpc) is 3.13. The van der Waals surface area contributed by atoms with Crippen LogP contribution in [0.1, 0.15) is 30.7 Å². The third-order valence-electron chi connectivity index (χ3n) is 3.79. The molecular formula is C19H23ClN2O3S. The molecule has 0 aliphatic carbocycles. The highest BCUT2D eigenvalue weighted by Crippen LogP contribution is 2.22. The van der Waals surface area contributed by atoms with Crippen molar-refractivity contribution in [3.63, 3.8) is 0 Å². The number of rotatable bonds is 9. The molecule has 0 spiro atoms. The molecule has 0 saturated carbocycles. The molecule has 0 aliphatic heterocycles. The lowest BCUT2D eigenvalue weighted by atomic mass is 10.1. The number of hydrogen-bond donors (Lipinski definition) is 1. The van der Waals surface area contributed by atoms with Crippen molar-refractivity contribution >= 4 is 34.8 Å². The van der Waals surface area contributed by atoms with Crippen molar-refractivity contribution in [2.24, 2.45) is 0 Å². The predicted octanol–water partition coefficient (Wildman–Crippen LogP) is 3.90. The largest absolute Gasteiger partial charge is 0.494 e. The Kier molecular flexibility index (Phi) is 7.94. The maximum absolute atomic E-state index is 12.5. The Morgan fingerprint density at radius 1 is 1.27 bits per heavy atom. The normalized spacial score (nSPS) is 11.7. The fourth-order valence-electron chi connectivity index (χ4n) is 2.44. The number of ether oxygens (including phenoxy) is 1. The fourth-order valence-corrected chi connectivity index (χ4v) is 3.34. The Morgan fingerprint density at radius 2 is 2.00 bits per heavy atom. The second-order valence-corrected chi connectivity index (χ2v) is 7.36. The van der Waals surface area contributed by atoms with E-state index in [1.165, 1.54) is 18.3 Å². The first-order valence-electron chi connectivity index (χ1n) is 8.38. The zero-order chi connectivity index (χ0) is 18.9. The van der Waals surface area contributed by atoms with Crippen molar-refractivity contribution < 1.29 is 14.3 Å². The molecule has 0 radical (unpaired) electrons. The van der Waals surface area contributed by atoms with Gasteiger partial charge in [0.05, 0.1) is 19.1 Å². The minimum Gasteiger partial charge on any atom is -0.494 e. The van der Waals surface area contributed by atoms with E-state index in [0.717, 1.165) is 10.6 Å². The number of hydrogen-bond acceptors (Lipinski definition) is 4. The van der Waals surface area contributed by atoms with Crippen LogP contribution in [0.15, 0.2) is 41.8 Å². The molecule has 1 unspecified atom stereocenters. The second-order valence-electron chi connectivity index (χ2n) is 5.94. The maximum Gasteiger partial charge on any atom is 0.224 e. The van der Waals surface area contributed by atoms with Gasteiger partial charge in [0, 0.05) is 30.4 Å². The van der Waals surface area contributed by atoms with Gasteiger partial charge >= 0.3 is 0 Å². The van der Waals surface area contributed by atoms with Gasteiger partial charge in [0.1, 0.15) is 5.75 Å². The Labute approximate surface area is 162 Å². The predicted molar refractivity (Wildman–Crippen MR) is 105 cm³/mol.